The molecule has 0 aliphatic rings. The van der Waals surface area contributed by atoms with Gasteiger partial charge in [-0.2, -0.15) is 13.2 Å². The van der Waals surface area contributed by atoms with Crippen LogP contribution in [-0.2, 0) is 10.9 Å². The number of halogens is 3. The van der Waals surface area contributed by atoms with Crippen molar-refractivity contribution in [2.45, 2.75) is 6.18 Å². The highest BCUT2D eigenvalue weighted by atomic mass is 19.4. The number of carbonyl (C=O) groups is 1. The van der Waals surface area contributed by atoms with E-state index in [2.05, 4.69) is 4.74 Å². The molecule has 0 aromatic heterocycles. The number of amides is 1. The van der Waals surface area contributed by atoms with Gasteiger partial charge in [-0.15, -0.1) is 0 Å². The number of nitrogens with one attached hydrogen (secondary N) is 1. The quantitative estimate of drug-likeness (QED) is 0.654. The van der Waals surface area contributed by atoms with Crippen molar-refractivity contribution in [1.82, 2.24) is 0 Å². The molecule has 1 amide bonds. The Morgan fingerprint density at radius 2 is 2.10 bits per heavy atom. The molecule has 0 bridgehead atoms. The van der Waals surface area contributed by atoms with Crippen molar-refractivity contribution >= 4 is 17.5 Å². The summed E-state index contributed by atoms with van der Waals surface area (Å²) < 4.78 is 41.7. The van der Waals surface area contributed by atoms with Gasteiger partial charge in [-0.3, -0.25) is 15.4 Å². The lowest BCUT2D eigenvalue weighted by Gasteiger charge is -2.09. The average molecular weight is 294 g/mol. The number of nitro groups is 1. The van der Waals surface area contributed by atoms with E-state index in [1.807, 2.05) is 5.32 Å². The summed E-state index contributed by atoms with van der Waals surface area (Å²) in [5.74, 6) is 0. The van der Waals surface area contributed by atoms with E-state index in [4.69, 9.17) is 5.11 Å². The molecule has 2 N–H and O–H groups in total. The third-order valence-electron chi connectivity index (χ3n) is 2.08. The summed E-state index contributed by atoms with van der Waals surface area (Å²) >= 11 is 0. The molecule has 1 aromatic carbocycles. The molecule has 0 saturated heterocycles. The van der Waals surface area contributed by atoms with Gasteiger partial charge < -0.3 is 9.84 Å². The molecule has 1 rings (SSSR count). The minimum absolute atomic E-state index is 0.307. The van der Waals surface area contributed by atoms with Crippen molar-refractivity contribution < 1.29 is 32.7 Å². The fourth-order valence-electron chi connectivity index (χ4n) is 1.25. The minimum atomic E-state index is -4.74. The first-order chi connectivity index (χ1) is 9.25. The third-order valence-corrected chi connectivity index (χ3v) is 2.08. The van der Waals surface area contributed by atoms with Gasteiger partial charge in [-0.05, 0) is 12.1 Å². The number of carbonyl (C=O) groups excluding carboxylic acids is 1. The fourth-order valence-corrected chi connectivity index (χ4v) is 1.25. The number of rotatable bonds is 4. The molecule has 0 spiro atoms. The van der Waals surface area contributed by atoms with Gasteiger partial charge in [0.05, 0.1) is 17.1 Å². The maximum atomic E-state index is 12.4. The largest absolute Gasteiger partial charge is 0.447 e. The number of nitrogens with zero attached hydrogens (tertiary/aromatic N) is 1. The standard InChI is InChI=1S/C10H9F3N2O5/c11-10(12,13)6-1-2-7(8(5-6)15(18)19)14-9(17)20-4-3-16/h1-2,5,16H,3-4H2,(H,14,17). The molecule has 0 aliphatic heterocycles. The molecule has 0 aliphatic carbocycles. The van der Waals surface area contributed by atoms with Crippen LogP contribution < -0.4 is 5.32 Å². The minimum Gasteiger partial charge on any atom is -0.447 e. The highest BCUT2D eigenvalue weighted by Crippen LogP contribution is 2.34. The van der Waals surface area contributed by atoms with E-state index in [0.29, 0.717) is 12.1 Å². The normalized spacial score (nSPS) is 11.0. The number of aliphatic hydroxyl groups is 1. The average Bonchev–Trinajstić information content (AvgIpc) is 2.35. The predicted molar refractivity (Wildman–Crippen MR) is 60.2 cm³/mol. The van der Waals surface area contributed by atoms with E-state index in [1.54, 1.807) is 0 Å². The molecule has 20 heavy (non-hydrogen) atoms. The molecule has 1 aromatic rings. The second-order valence-electron chi connectivity index (χ2n) is 3.47. The van der Waals surface area contributed by atoms with E-state index >= 15 is 0 Å². The van der Waals surface area contributed by atoms with Gasteiger partial charge in [0.2, 0.25) is 0 Å². The van der Waals surface area contributed by atoms with Gasteiger partial charge in [0, 0.05) is 6.07 Å². The van der Waals surface area contributed by atoms with Crippen molar-refractivity contribution in [3.05, 3.63) is 33.9 Å². The first-order valence-electron chi connectivity index (χ1n) is 5.16. The molecule has 0 unspecified atom stereocenters. The monoisotopic (exact) mass is 294 g/mol. The van der Waals surface area contributed by atoms with Crippen molar-refractivity contribution in [2.24, 2.45) is 0 Å². The zero-order chi connectivity index (χ0) is 15.3. The van der Waals surface area contributed by atoms with Crippen molar-refractivity contribution in [2.75, 3.05) is 18.5 Å². The molecule has 0 fully saturated rings. The lowest BCUT2D eigenvalue weighted by molar-refractivity contribution is -0.384. The fraction of sp³-hybridized carbons (Fsp3) is 0.300. The van der Waals surface area contributed by atoms with Crippen molar-refractivity contribution in [3.63, 3.8) is 0 Å². The van der Waals surface area contributed by atoms with Gasteiger partial charge in [0.25, 0.3) is 5.69 Å². The zero-order valence-corrected chi connectivity index (χ0v) is 9.81. The summed E-state index contributed by atoms with van der Waals surface area (Å²) in [6.07, 6.45) is -5.86. The van der Waals surface area contributed by atoms with E-state index in [-0.39, 0.29) is 6.61 Å². The van der Waals surface area contributed by atoms with Gasteiger partial charge >= 0.3 is 12.3 Å². The number of anilines is 1. The third kappa shape index (κ3) is 4.09. The summed E-state index contributed by atoms with van der Waals surface area (Å²) in [6, 6.07) is 1.65. The van der Waals surface area contributed by atoms with Crippen LogP contribution in [0.15, 0.2) is 18.2 Å². The highest BCUT2D eigenvalue weighted by Gasteiger charge is 2.33. The Labute approximate surface area is 110 Å². The number of alkyl halides is 3. The van der Waals surface area contributed by atoms with Crippen LogP contribution in [0.25, 0.3) is 0 Å². The predicted octanol–water partition coefficient (Wildman–Crippen LogP) is 2.15. The Morgan fingerprint density at radius 3 is 2.60 bits per heavy atom. The van der Waals surface area contributed by atoms with Crippen molar-refractivity contribution in [3.8, 4) is 0 Å². The Hall–Kier alpha value is -2.36. The van der Waals surface area contributed by atoms with Crippen LogP contribution in [0.5, 0.6) is 0 Å². The maximum Gasteiger partial charge on any atom is 0.416 e. The second-order valence-corrected chi connectivity index (χ2v) is 3.47. The Kier molecular flexibility index (Phi) is 4.86. The summed E-state index contributed by atoms with van der Waals surface area (Å²) in [7, 11) is 0. The van der Waals surface area contributed by atoms with Gasteiger partial charge in [-0.25, -0.2) is 4.79 Å². The lowest BCUT2D eigenvalue weighted by atomic mass is 10.1. The Balaban J connectivity index is 3.02. The van der Waals surface area contributed by atoms with Crippen LogP contribution in [0.3, 0.4) is 0 Å². The Bertz CT molecular complexity index is 518. The molecule has 0 heterocycles. The molecule has 0 atom stereocenters. The van der Waals surface area contributed by atoms with Gasteiger partial charge in [-0.1, -0.05) is 0 Å². The zero-order valence-electron chi connectivity index (χ0n) is 9.81. The molecular weight excluding hydrogens is 285 g/mol. The second kappa shape index (κ2) is 6.19. The van der Waals surface area contributed by atoms with Crippen molar-refractivity contribution in [1.29, 1.82) is 0 Å². The van der Waals surface area contributed by atoms with E-state index in [9.17, 15) is 28.1 Å². The van der Waals surface area contributed by atoms with Crippen LogP contribution in [0.4, 0.5) is 29.3 Å². The van der Waals surface area contributed by atoms with Crippen LogP contribution in [-0.4, -0.2) is 29.3 Å². The Morgan fingerprint density at radius 1 is 1.45 bits per heavy atom. The first kappa shape index (κ1) is 15.7. The molecule has 7 nitrogen and oxygen atoms in total. The first-order valence-corrected chi connectivity index (χ1v) is 5.16. The molecule has 0 saturated carbocycles. The highest BCUT2D eigenvalue weighted by molar-refractivity contribution is 5.87. The van der Waals surface area contributed by atoms with E-state index < -0.39 is 40.7 Å². The molecule has 0 radical (unpaired) electrons. The number of aliphatic hydroxyl groups excluding tert-OH is 1. The van der Waals surface area contributed by atoms with Crippen LogP contribution >= 0.6 is 0 Å². The summed E-state index contributed by atoms with van der Waals surface area (Å²) in [5.41, 5.74) is -2.56. The summed E-state index contributed by atoms with van der Waals surface area (Å²) in [4.78, 5) is 20.8. The van der Waals surface area contributed by atoms with E-state index in [1.165, 1.54) is 0 Å². The maximum absolute atomic E-state index is 12.4. The smallest absolute Gasteiger partial charge is 0.416 e. The van der Waals surface area contributed by atoms with E-state index in [0.717, 1.165) is 6.07 Å². The lowest BCUT2D eigenvalue weighted by Crippen LogP contribution is -2.17. The number of benzene rings is 1. The number of ether oxygens (including phenoxy) is 1. The van der Waals surface area contributed by atoms with Gasteiger partial charge in [0.1, 0.15) is 12.3 Å². The molecule has 10 heteroatoms. The number of nitro benzene ring substituents is 1. The van der Waals surface area contributed by atoms with Crippen LogP contribution in [0.2, 0.25) is 0 Å². The molecule has 110 valence electrons. The van der Waals surface area contributed by atoms with Crippen LogP contribution in [0, 0.1) is 10.1 Å². The summed E-state index contributed by atoms with van der Waals surface area (Å²) in [6.45, 7) is -0.803. The van der Waals surface area contributed by atoms with Crippen LogP contribution in [0.1, 0.15) is 5.56 Å². The van der Waals surface area contributed by atoms with Gasteiger partial charge in [0.15, 0.2) is 0 Å². The molecular formula is C10H9F3N2O5. The summed E-state index contributed by atoms with van der Waals surface area (Å²) in [5, 5.41) is 21.0. The topological polar surface area (TPSA) is 102 Å². The SMILES string of the molecule is O=C(Nc1ccc(C(F)(F)F)cc1[N+](=O)[O-])OCCO. The number of hydrogen-bond donors (Lipinski definition) is 2. The number of hydrogen-bond acceptors (Lipinski definition) is 5.